The van der Waals surface area contributed by atoms with Crippen molar-refractivity contribution in [1.29, 1.82) is 0 Å². The number of amides is 2. The highest BCUT2D eigenvalue weighted by Crippen LogP contribution is 2.29. The first-order valence-corrected chi connectivity index (χ1v) is 9.12. The predicted octanol–water partition coefficient (Wildman–Crippen LogP) is 4.24. The quantitative estimate of drug-likeness (QED) is 0.758. The second kappa shape index (κ2) is 8.52. The molecule has 1 aliphatic rings. The molecule has 0 aliphatic carbocycles. The molecule has 5 nitrogen and oxygen atoms in total. The summed E-state index contributed by atoms with van der Waals surface area (Å²) in [6.07, 6.45) is 3.50. The molecule has 1 fully saturated rings. The summed E-state index contributed by atoms with van der Waals surface area (Å²) < 4.78 is 5.62. The van der Waals surface area contributed by atoms with E-state index in [0.717, 1.165) is 30.7 Å². The Morgan fingerprint density at radius 1 is 1.15 bits per heavy atom. The van der Waals surface area contributed by atoms with Crippen LogP contribution in [0.1, 0.15) is 43.0 Å². The first kappa shape index (κ1) is 18.0. The summed E-state index contributed by atoms with van der Waals surface area (Å²) in [5.74, 6) is 0.655. The van der Waals surface area contributed by atoms with E-state index < -0.39 is 0 Å². The summed E-state index contributed by atoms with van der Waals surface area (Å²) in [7, 11) is 0. The fourth-order valence-corrected chi connectivity index (χ4v) is 2.95. The Labute approximate surface area is 154 Å². The van der Waals surface area contributed by atoms with Crippen molar-refractivity contribution in [1.82, 2.24) is 0 Å². The monoisotopic (exact) mass is 352 g/mol. The molecule has 26 heavy (non-hydrogen) atoms. The van der Waals surface area contributed by atoms with Crippen molar-refractivity contribution in [3.8, 4) is 5.75 Å². The van der Waals surface area contributed by atoms with Crippen molar-refractivity contribution in [2.75, 3.05) is 23.4 Å². The van der Waals surface area contributed by atoms with Gasteiger partial charge in [0.2, 0.25) is 5.91 Å². The zero-order valence-corrected chi connectivity index (χ0v) is 15.0. The first-order chi connectivity index (χ1) is 12.7. The van der Waals surface area contributed by atoms with Crippen LogP contribution >= 0.6 is 0 Å². The molecule has 0 unspecified atom stereocenters. The van der Waals surface area contributed by atoms with E-state index in [2.05, 4.69) is 12.2 Å². The van der Waals surface area contributed by atoms with E-state index in [4.69, 9.17) is 4.74 Å². The van der Waals surface area contributed by atoms with Gasteiger partial charge in [0.1, 0.15) is 5.75 Å². The lowest BCUT2D eigenvalue weighted by molar-refractivity contribution is -0.117. The number of unbranched alkanes of at least 4 members (excludes halogenated alkanes) is 1. The molecule has 5 heteroatoms. The average Bonchev–Trinajstić information content (AvgIpc) is 3.09. The van der Waals surface area contributed by atoms with Crippen LogP contribution < -0.4 is 15.0 Å². The molecule has 1 aliphatic heterocycles. The number of carbonyl (C=O) groups excluding carboxylic acids is 2. The van der Waals surface area contributed by atoms with Gasteiger partial charge in [-0.05, 0) is 49.2 Å². The zero-order valence-electron chi connectivity index (χ0n) is 15.0. The first-order valence-electron chi connectivity index (χ1n) is 9.12. The van der Waals surface area contributed by atoms with Crippen LogP contribution in [0.4, 0.5) is 11.4 Å². The van der Waals surface area contributed by atoms with Gasteiger partial charge in [0.15, 0.2) is 0 Å². The van der Waals surface area contributed by atoms with Crippen molar-refractivity contribution >= 4 is 23.2 Å². The van der Waals surface area contributed by atoms with Crippen LogP contribution in [0.3, 0.4) is 0 Å². The van der Waals surface area contributed by atoms with E-state index >= 15 is 0 Å². The van der Waals surface area contributed by atoms with Crippen molar-refractivity contribution < 1.29 is 14.3 Å². The van der Waals surface area contributed by atoms with Gasteiger partial charge in [-0.2, -0.15) is 0 Å². The second-order valence-corrected chi connectivity index (χ2v) is 6.35. The number of anilines is 2. The lowest BCUT2D eigenvalue weighted by Gasteiger charge is -2.20. The number of hydrogen-bond donors (Lipinski definition) is 1. The fraction of sp³-hybridized carbons (Fsp3) is 0.333. The highest BCUT2D eigenvalue weighted by Gasteiger charge is 2.24. The van der Waals surface area contributed by atoms with Gasteiger partial charge in [0.25, 0.3) is 5.91 Å². The minimum absolute atomic E-state index is 0.0975. The van der Waals surface area contributed by atoms with Gasteiger partial charge >= 0.3 is 0 Å². The molecule has 1 N–H and O–H groups in total. The molecule has 1 heterocycles. The highest BCUT2D eigenvalue weighted by atomic mass is 16.5. The number of rotatable bonds is 7. The lowest BCUT2D eigenvalue weighted by atomic mass is 10.2. The predicted molar refractivity (Wildman–Crippen MR) is 103 cm³/mol. The minimum Gasteiger partial charge on any atom is -0.494 e. The third kappa shape index (κ3) is 4.23. The van der Waals surface area contributed by atoms with Gasteiger partial charge in [-0.3, -0.25) is 9.59 Å². The summed E-state index contributed by atoms with van der Waals surface area (Å²) in [5.41, 5.74) is 1.95. The second-order valence-electron chi connectivity index (χ2n) is 6.35. The third-order valence-electron chi connectivity index (χ3n) is 4.40. The summed E-state index contributed by atoms with van der Waals surface area (Å²) in [6, 6.07) is 14.5. The number of para-hydroxylation sites is 2. The van der Waals surface area contributed by atoms with E-state index in [9.17, 15) is 9.59 Å². The van der Waals surface area contributed by atoms with Crippen LogP contribution in [0, 0.1) is 0 Å². The summed E-state index contributed by atoms with van der Waals surface area (Å²) in [5, 5.41) is 2.92. The van der Waals surface area contributed by atoms with Gasteiger partial charge < -0.3 is 15.0 Å². The Bertz CT molecular complexity index is 771. The number of hydrogen-bond acceptors (Lipinski definition) is 3. The molecule has 2 amide bonds. The standard InChI is InChI=1S/C21H24N2O3/c1-2-3-15-26-17-12-10-16(11-13-17)21(25)22-18-7-4-5-8-19(18)23-14-6-9-20(23)24/h4-5,7-8,10-13H,2-3,6,9,14-15H2,1H3,(H,22,25). The van der Waals surface area contributed by atoms with Crippen molar-refractivity contribution in [3.05, 3.63) is 54.1 Å². The van der Waals surface area contributed by atoms with Crippen LogP contribution in [0.25, 0.3) is 0 Å². The zero-order chi connectivity index (χ0) is 18.4. The Morgan fingerprint density at radius 2 is 1.92 bits per heavy atom. The number of ether oxygens (including phenoxy) is 1. The fourth-order valence-electron chi connectivity index (χ4n) is 2.95. The molecular formula is C21H24N2O3. The van der Waals surface area contributed by atoms with E-state index in [0.29, 0.717) is 30.8 Å². The van der Waals surface area contributed by atoms with Crippen molar-refractivity contribution in [2.45, 2.75) is 32.6 Å². The SMILES string of the molecule is CCCCOc1ccc(C(=O)Nc2ccccc2N2CCCC2=O)cc1. The summed E-state index contributed by atoms with van der Waals surface area (Å²) in [6.45, 7) is 3.49. The van der Waals surface area contributed by atoms with Crippen LogP contribution in [-0.2, 0) is 4.79 Å². The summed E-state index contributed by atoms with van der Waals surface area (Å²) in [4.78, 5) is 26.3. The molecular weight excluding hydrogens is 328 g/mol. The average molecular weight is 352 g/mol. The normalized spacial score (nSPS) is 13.7. The molecule has 0 atom stereocenters. The van der Waals surface area contributed by atoms with Crippen LogP contribution in [0.5, 0.6) is 5.75 Å². The molecule has 136 valence electrons. The molecule has 3 rings (SSSR count). The van der Waals surface area contributed by atoms with Gasteiger partial charge in [0, 0.05) is 18.5 Å². The number of benzene rings is 2. The van der Waals surface area contributed by atoms with Gasteiger partial charge in [-0.25, -0.2) is 0 Å². The Kier molecular flexibility index (Phi) is 5.89. The number of nitrogens with zero attached hydrogens (tertiary/aromatic N) is 1. The van der Waals surface area contributed by atoms with E-state index in [1.165, 1.54) is 0 Å². The van der Waals surface area contributed by atoms with Crippen molar-refractivity contribution in [3.63, 3.8) is 0 Å². The molecule has 0 aromatic heterocycles. The minimum atomic E-state index is -0.204. The maximum atomic E-state index is 12.6. The Balaban J connectivity index is 1.69. The molecule has 1 saturated heterocycles. The molecule has 0 spiro atoms. The highest BCUT2D eigenvalue weighted by molar-refractivity contribution is 6.08. The van der Waals surface area contributed by atoms with E-state index in [1.807, 2.05) is 24.3 Å². The third-order valence-corrected chi connectivity index (χ3v) is 4.40. The topological polar surface area (TPSA) is 58.6 Å². The number of nitrogens with one attached hydrogen (secondary N) is 1. The van der Waals surface area contributed by atoms with Crippen LogP contribution in [0.15, 0.2) is 48.5 Å². The van der Waals surface area contributed by atoms with E-state index in [-0.39, 0.29) is 11.8 Å². The van der Waals surface area contributed by atoms with Gasteiger partial charge in [-0.1, -0.05) is 25.5 Å². The molecule has 0 radical (unpaired) electrons. The Hall–Kier alpha value is -2.82. The maximum Gasteiger partial charge on any atom is 0.255 e. The molecule has 0 saturated carbocycles. The van der Waals surface area contributed by atoms with Gasteiger partial charge in [0.05, 0.1) is 18.0 Å². The number of carbonyl (C=O) groups is 2. The Morgan fingerprint density at radius 3 is 2.62 bits per heavy atom. The lowest BCUT2D eigenvalue weighted by Crippen LogP contribution is -2.25. The van der Waals surface area contributed by atoms with Crippen molar-refractivity contribution in [2.24, 2.45) is 0 Å². The molecule has 2 aromatic rings. The van der Waals surface area contributed by atoms with Crippen LogP contribution in [-0.4, -0.2) is 25.0 Å². The summed E-state index contributed by atoms with van der Waals surface area (Å²) >= 11 is 0. The van der Waals surface area contributed by atoms with Crippen LogP contribution in [0.2, 0.25) is 0 Å². The van der Waals surface area contributed by atoms with E-state index in [1.54, 1.807) is 29.2 Å². The smallest absolute Gasteiger partial charge is 0.255 e. The maximum absolute atomic E-state index is 12.6. The molecule has 0 bridgehead atoms. The molecule has 2 aromatic carbocycles. The largest absolute Gasteiger partial charge is 0.494 e. The van der Waals surface area contributed by atoms with Gasteiger partial charge in [-0.15, -0.1) is 0 Å².